The van der Waals surface area contributed by atoms with Crippen molar-refractivity contribution in [1.82, 2.24) is 10.2 Å². The van der Waals surface area contributed by atoms with Crippen molar-refractivity contribution < 1.29 is 22.4 Å². The minimum absolute atomic E-state index is 0.0389. The molecule has 1 N–H and O–H groups in total. The van der Waals surface area contributed by atoms with Gasteiger partial charge in [-0.05, 0) is 56.7 Å². The zero-order chi connectivity index (χ0) is 29.4. The molecule has 2 amide bonds. The van der Waals surface area contributed by atoms with Gasteiger partial charge in [0.2, 0.25) is 11.8 Å². The highest BCUT2D eigenvalue weighted by Gasteiger charge is 2.33. The normalized spacial score (nSPS) is 12.1. The zero-order valence-corrected chi connectivity index (χ0v) is 24.9. The second-order valence-corrected chi connectivity index (χ2v) is 12.0. The fourth-order valence-electron chi connectivity index (χ4n) is 3.94. The van der Waals surface area contributed by atoms with Crippen molar-refractivity contribution in [2.24, 2.45) is 0 Å². The Balaban J connectivity index is 2.03. The van der Waals surface area contributed by atoms with E-state index in [2.05, 4.69) is 5.32 Å². The molecule has 0 fully saturated rings. The molecule has 1 atom stereocenters. The molecule has 40 heavy (non-hydrogen) atoms. The number of aryl methyl sites for hydroxylation is 1. The Kier molecular flexibility index (Phi) is 11.0. The van der Waals surface area contributed by atoms with E-state index >= 15 is 0 Å². The molecule has 0 aromatic heterocycles. The van der Waals surface area contributed by atoms with E-state index < -0.39 is 40.2 Å². The third kappa shape index (κ3) is 7.74. The van der Waals surface area contributed by atoms with E-state index in [9.17, 15) is 22.4 Å². The standard InChI is InChI=1S/C29H32Cl2FN3O4S/c1-4-5-16-33-29(37)21(3)34(18-22-8-6-7-9-27(22)32)28(36)19-35(23-12-15-25(30)26(31)17-23)40(38,39)24-13-10-20(2)11-14-24/h6-15,17,21H,4-5,16,18-19H2,1-3H3,(H,33,37)/t21-/m0/s1. The summed E-state index contributed by atoms with van der Waals surface area (Å²) < 4.78 is 43.2. The molecule has 0 radical (unpaired) electrons. The van der Waals surface area contributed by atoms with Gasteiger partial charge in [0, 0.05) is 18.7 Å². The van der Waals surface area contributed by atoms with Crippen LogP contribution in [0.1, 0.15) is 37.8 Å². The molecule has 0 unspecified atom stereocenters. The lowest BCUT2D eigenvalue weighted by atomic mass is 10.1. The molecule has 0 spiro atoms. The Morgan fingerprint density at radius 1 is 1.00 bits per heavy atom. The molecule has 0 aliphatic carbocycles. The molecular weight excluding hydrogens is 576 g/mol. The van der Waals surface area contributed by atoms with Crippen molar-refractivity contribution in [2.75, 3.05) is 17.4 Å². The molecule has 3 aromatic rings. The number of hydrogen-bond acceptors (Lipinski definition) is 4. The van der Waals surface area contributed by atoms with Crippen LogP contribution in [0.25, 0.3) is 0 Å². The predicted molar refractivity (Wildman–Crippen MR) is 157 cm³/mol. The number of sulfonamides is 1. The molecule has 3 aromatic carbocycles. The number of anilines is 1. The number of benzene rings is 3. The lowest BCUT2D eigenvalue weighted by Crippen LogP contribution is -2.51. The molecule has 0 bridgehead atoms. The first kappa shape index (κ1) is 31.4. The van der Waals surface area contributed by atoms with Gasteiger partial charge in [0.05, 0.1) is 20.6 Å². The van der Waals surface area contributed by atoms with Gasteiger partial charge in [-0.2, -0.15) is 0 Å². The minimum Gasteiger partial charge on any atom is -0.354 e. The number of nitrogens with one attached hydrogen (secondary N) is 1. The Labute approximate surface area is 244 Å². The van der Waals surface area contributed by atoms with Crippen molar-refractivity contribution in [3.8, 4) is 0 Å². The highest BCUT2D eigenvalue weighted by molar-refractivity contribution is 7.92. The van der Waals surface area contributed by atoms with Crippen LogP contribution in [0.3, 0.4) is 0 Å². The maximum Gasteiger partial charge on any atom is 0.264 e. The highest BCUT2D eigenvalue weighted by atomic mass is 35.5. The molecule has 214 valence electrons. The van der Waals surface area contributed by atoms with Crippen LogP contribution in [-0.2, 0) is 26.2 Å². The van der Waals surface area contributed by atoms with Gasteiger partial charge in [-0.15, -0.1) is 0 Å². The van der Waals surface area contributed by atoms with Gasteiger partial charge in [0.25, 0.3) is 10.0 Å². The van der Waals surface area contributed by atoms with Crippen LogP contribution in [0.4, 0.5) is 10.1 Å². The molecule has 7 nitrogen and oxygen atoms in total. The van der Waals surface area contributed by atoms with Crippen molar-refractivity contribution in [3.63, 3.8) is 0 Å². The summed E-state index contributed by atoms with van der Waals surface area (Å²) >= 11 is 12.3. The smallest absolute Gasteiger partial charge is 0.264 e. The number of rotatable bonds is 12. The summed E-state index contributed by atoms with van der Waals surface area (Å²) in [6.07, 6.45) is 1.61. The SMILES string of the molecule is CCCCNC(=O)[C@H](C)N(Cc1ccccc1F)C(=O)CN(c1ccc(Cl)c(Cl)c1)S(=O)(=O)c1ccc(C)cc1. The average Bonchev–Trinajstić information content (AvgIpc) is 2.92. The summed E-state index contributed by atoms with van der Waals surface area (Å²) in [6.45, 7) is 4.83. The average molecular weight is 609 g/mol. The molecule has 3 rings (SSSR count). The predicted octanol–water partition coefficient (Wildman–Crippen LogP) is 5.97. The topological polar surface area (TPSA) is 86.8 Å². The van der Waals surface area contributed by atoms with Crippen LogP contribution in [0.2, 0.25) is 10.0 Å². The Hall–Kier alpha value is -3.14. The van der Waals surface area contributed by atoms with Crippen molar-refractivity contribution in [1.29, 1.82) is 0 Å². The largest absolute Gasteiger partial charge is 0.354 e. The zero-order valence-electron chi connectivity index (χ0n) is 22.5. The molecule has 0 saturated carbocycles. The molecule has 0 heterocycles. The van der Waals surface area contributed by atoms with Gasteiger partial charge in [-0.3, -0.25) is 13.9 Å². The first-order valence-electron chi connectivity index (χ1n) is 12.8. The third-order valence-corrected chi connectivity index (χ3v) is 8.90. The van der Waals surface area contributed by atoms with Gasteiger partial charge in [0.1, 0.15) is 18.4 Å². The third-order valence-electron chi connectivity index (χ3n) is 6.37. The van der Waals surface area contributed by atoms with E-state index in [-0.39, 0.29) is 32.7 Å². The van der Waals surface area contributed by atoms with E-state index in [0.29, 0.717) is 6.54 Å². The van der Waals surface area contributed by atoms with Crippen LogP contribution in [-0.4, -0.2) is 44.3 Å². The van der Waals surface area contributed by atoms with Gasteiger partial charge < -0.3 is 10.2 Å². The number of unbranched alkanes of at least 4 members (excludes halogenated alkanes) is 1. The van der Waals surface area contributed by atoms with E-state index in [0.717, 1.165) is 22.7 Å². The van der Waals surface area contributed by atoms with Crippen LogP contribution < -0.4 is 9.62 Å². The molecular formula is C29H32Cl2FN3O4S. The number of nitrogens with zero attached hydrogens (tertiary/aromatic N) is 2. The summed E-state index contributed by atoms with van der Waals surface area (Å²) in [6, 6.07) is 15.3. The van der Waals surface area contributed by atoms with E-state index in [4.69, 9.17) is 23.2 Å². The summed E-state index contributed by atoms with van der Waals surface area (Å²) in [5.41, 5.74) is 1.15. The van der Waals surface area contributed by atoms with Gasteiger partial charge in [0.15, 0.2) is 0 Å². The highest BCUT2D eigenvalue weighted by Crippen LogP contribution is 2.31. The van der Waals surface area contributed by atoms with Gasteiger partial charge >= 0.3 is 0 Å². The molecule has 0 saturated heterocycles. The molecule has 0 aliphatic rings. The number of amides is 2. The summed E-state index contributed by atoms with van der Waals surface area (Å²) in [5.74, 6) is -1.68. The molecule has 11 heteroatoms. The van der Waals surface area contributed by atoms with Crippen molar-refractivity contribution >= 4 is 50.7 Å². The summed E-state index contributed by atoms with van der Waals surface area (Å²) in [5, 5.41) is 3.10. The van der Waals surface area contributed by atoms with Gasteiger partial charge in [-0.1, -0.05) is 72.4 Å². The number of carbonyl (C=O) groups is 2. The van der Waals surface area contributed by atoms with Crippen molar-refractivity contribution in [2.45, 2.75) is 51.1 Å². The first-order chi connectivity index (χ1) is 18.9. The quantitative estimate of drug-likeness (QED) is 0.257. The number of halogens is 3. The number of carbonyl (C=O) groups excluding carboxylic acids is 2. The molecule has 0 aliphatic heterocycles. The maximum atomic E-state index is 14.6. The van der Waals surface area contributed by atoms with Crippen molar-refractivity contribution in [3.05, 3.63) is 93.7 Å². The maximum absolute atomic E-state index is 14.6. The van der Waals surface area contributed by atoms with Crippen LogP contribution >= 0.6 is 23.2 Å². The van der Waals surface area contributed by atoms with Crippen LogP contribution in [0, 0.1) is 12.7 Å². The van der Waals surface area contributed by atoms with Crippen LogP contribution in [0.5, 0.6) is 0 Å². The summed E-state index contributed by atoms with van der Waals surface area (Å²) in [4.78, 5) is 28.0. The minimum atomic E-state index is -4.26. The Bertz CT molecular complexity index is 1450. The first-order valence-corrected chi connectivity index (χ1v) is 15.0. The second-order valence-electron chi connectivity index (χ2n) is 9.36. The second kappa shape index (κ2) is 14.0. The Morgan fingerprint density at radius 2 is 1.68 bits per heavy atom. The number of hydrogen-bond donors (Lipinski definition) is 1. The van der Waals surface area contributed by atoms with E-state index in [1.807, 2.05) is 13.8 Å². The summed E-state index contributed by atoms with van der Waals surface area (Å²) in [7, 11) is -4.26. The monoisotopic (exact) mass is 607 g/mol. The Morgan fingerprint density at radius 3 is 2.30 bits per heavy atom. The van der Waals surface area contributed by atoms with Crippen LogP contribution in [0.15, 0.2) is 71.6 Å². The fraction of sp³-hybridized carbons (Fsp3) is 0.310. The van der Waals surface area contributed by atoms with E-state index in [1.165, 1.54) is 60.4 Å². The fourth-order valence-corrected chi connectivity index (χ4v) is 5.63. The lowest BCUT2D eigenvalue weighted by Gasteiger charge is -2.32. The lowest BCUT2D eigenvalue weighted by molar-refractivity contribution is -0.139. The van der Waals surface area contributed by atoms with E-state index in [1.54, 1.807) is 18.2 Å². The van der Waals surface area contributed by atoms with Gasteiger partial charge in [-0.25, -0.2) is 12.8 Å².